The van der Waals surface area contributed by atoms with Crippen molar-refractivity contribution >= 4 is 83.5 Å². The van der Waals surface area contributed by atoms with Crippen LogP contribution in [0.15, 0.2) is 150 Å². The molecule has 273 valence electrons. The first-order valence-corrected chi connectivity index (χ1v) is 24.4. The van der Waals surface area contributed by atoms with E-state index in [1.807, 2.05) is 40.6 Å². The van der Waals surface area contributed by atoms with E-state index >= 15 is 0 Å². The fraction of sp³-hybridized carbons (Fsp3) is 0.128. The maximum atomic E-state index is 6.08. The Labute approximate surface area is 348 Å². The van der Waals surface area contributed by atoms with Crippen LogP contribution in [0.4, 0.5) is 0 Å². The van der Waals surface area contributed by atoms with E-state index < -0.39 is 7.26 Å². The number of benzene rings is 4. The van der Waals surface area contributed by atoms with Gasteiger partial charge in [0.15, 0.2) is 0 Å². The molecule has 0 N–H and O–H groups in total. The molecule has 0 aliphatic carbocycles. The number of rotatable bonds is 9. The summed E-state index contributed by atoms with van der Waals surface area (Å²) >= 11 is 5.32. The molecule has 0 spiro atoms. The van der Waals surface area contributed by atoms with Crippen LogP contribution in [0.25, 0.3) is 43.6 Å². The Morgan fingerprint density at radius 1 is 0.709 bits per heavy atom. The number of aromatic nitrogens is 2. The molecule has 1 saturated heterocycles. The molecule has 0 atom stereocenters. The van der Waals surface area contributed by atoms with E-state index in [1.165, 1.54) is 79.7 Å². The number of fused-ring (bicyclic) bond motifs is 1. The first kappa shape index (κ1) is 38.1. The van der Waals surface area contributed by atoms with Crippen LogP contribution >= 0.6 is 29.9 Å². The second-order valence-corrected chi connectivity index (χ2v) is 20.6. The monoisotopic (exact) mass is 1010 g/mol. The summed E-state index contributed by atoms with van der Waals surface area (Å²) in [5, 5.41) is 5.13. The molecular formula is C47H39N2OOsPS2Se+. The Kier molecular flexibility index (Phi) is 11.6. The van der Waals surface area contributed by atoms with Gasteiger partial charge in [-0.2, -0.15) is 0 Å². The molecule has 1 fully saturated rings. The average molecular weight is 1010 g/mol. The molecule has 4 heterocycles. The molecule has 55 heavy (non-hydrogen) atoms. The normalized spacial score (nSPS) is 15.3. The third-order valence-corrected chi connectivity index (χ3v) is 19.0. The molecule has 3 nitrogen and oxygen atoms in total. The maximum absolute atomic E-state index is 6.08. The van der Waals surface area contributed by atoms with Crippen molar-refractivity contribution in [2.45, 2.75) is 27.7 Å². The van der Waals surface area contributed by atoms with Crippen LogP contribution < -0.4 is 15.9 Å². The number of ether oxygens (including phenoxy) is 1. The van der Waals surface area contributed by atoms with Crippen molar-refractivity contribution in [2.24, 2.45) is 0 Å². The molecule has 0 amide bonds. The van der Waals surface area contributed by atoms with Gasteiger partial charge in [0.05, 0.1) is 0 Å². The van der Waals surface area contributed by atoms with Crippen molar-refractivity contribution in [3.05, 3.63) is 171 Å². The van der Waals surface area contributed by atoms with Crippen molar-refractivity contribution in [1.82, 2.24) is 7.96 Å². The standard InChI is InChI=1S/C47H39N2OPS2Se.Os/c1-6-17-39-24-25-42(52-39)44-31(3)32(4)45(47-46(44)48-54-49-47)43-27-26-41(53-43)40(28-35-30-50-29-34(35)7-2)33(5)51(36-18-11-8-12-19-36,37-20-13-9-14-21-37)38-22-15-10-16-23-38;/h6-28H,29-30H2,1-4H3;/q+1;/b17-6+,34-7?,35-28?,40-33?;. The van der Waals surface area contributed by atoms with Crippen LogP contribution in [0, 0.1) is 18.2 Å². The third kappa shape index (κ3) is 6.98. The summed E-state index contributed by atoms with van der Waals surface area (Å²) in [4.78, 5) is 4.91. The van der Waals surface area contributed by atoms with Crippen molar-refractivity contribution in [2.75, 3.05) is 13.2 Å². The zero-order valence-corrected chi connectivity index (χ0v) is 37.8. The van der Waals surface area contributed by atoms with Gasteiger partial charge in [0, 0.05) is 0 Å². The summed E-state index contributed by atoms with van der Waals surface area (Å²) in [6.45, 7) is 9.91. The first-order chi connectivity index (χ1) is 27.0. The van der Waals surface area contributed by atoms with Gasteiger partial charge in [-0.1, -0.05) is 0 Å². The molecule has 0 saturated carbocycles. The summed E-state index contributed by atoms with van der Waals surface area (Å²) in [5.74, 6) is 0. The van der Waals surface area contributed by atoms with Crippen molar-refractivity contribution in [3.63, 3.8) is 0 Å². The fourth-order valence-electron chi connectivity index (χ4n) is 7.57. The SMILES string of the molecule is CC=C1COCC1=CC(=C([C]#[Os])[P+](c1ccccc1)(c1ccccc1)c1ccccc1)c1ccc(-c2c(C)c(C)c(-c3ccc(/C=C/C)s3)c3n[se]nc23)s1. The number of hydrogen-bond acceptors (Lipinski definition) is 5. The molecule has 0 radical (unpaired) electrons. The van der Waals surface area contributed by atoms with Gasteiger partial charge in [0.25, 0.3) is 0 Å². The molecule has 1 aliphatic rings. The second-order valence-electron chi connectivity index (χ2n) is 13.3. The Hall–Kier alpha value is -3.83. The predicted octanol–water partition coefficient (Wildman–Crippen LogP) is 10.9. The summed E-state index contributed by atoms with van der Waals surface area (Å²) in [5.41, 5.74) is 10.7. The number of allylic oxidation sites excluding steroid dienone is 5. The molecule has 8 rings (SSSR count). The Bertz CT molecular complexity index is 2580. The first-order valence-electron chi connectivity index (χ1n) is 18.2. The van der Waals surface area contributed by atoms with E-state index in [0.717, 1.165) is 11.0 Å². The van der Waals surface area contributed by atoms with Crippen LogP contribution in [-0.4, -0.2) is 36.1 Å². The van der Waals surface area contributed by atoms with Gasteiger partial charge < -0.3 is 0 Å². The Morgan fingerprint density at radius 2 is 1.24 bits per heavy atom. The summed E-state index contributed by atoms with van der Waals surface area (Å²) in [6.07, 6.45) is 8.88. The second kappa shape index (κ2) is 16.7. The van der Waals surface area contributed by atoms with Crippen LogP contribution in [0.2, 0.25) is 0 Å². The molecule has 0 unspecified atom stereocenters. The van der Waals surface area contributed by atoms with Gasteiger partial charge in [0.1, 0.15) is 0 Å². The quantitative estimate of drug-likeness (QED) is 0.107. The van der Waals surface area contributed by atoms with E-state index in [-0.39, 0.29) is 15.0 Å². The molecule has 4 aromatic carbocycles. The van der Waals surface area contributed by atoms with Gasteiger partial charge in [-0.3, -0.25) is 0 Å². The van der Waals surface area contributed by atoms with Crippen molar-refractivity contribution in [3.8, 4) is 25.3 Å². The van der Waals surface area contributed by atoms with Crippen LogP contribution in [-0.2, 0) is 22.7 Å². The van der Waals surface area contributed by atoms with E-state index in [2.05, 4.69) is 172 Å². The van der Waals surface area contributed by atoms with Crippen LogP contribution in [0.5, 0.6) is 0 Å². The Morgan fingerprint density at radius 3 is 1.76 bits per heavy atom. The van der Waals surface area contributed by atoms with Gasteiger partial charge in [-0.15, -0.1) is 0 Å². The van der Waals surface area contributed by atoms with Gasteiger partial charge in [-0.25, -0.2) is 0 Å². The predicted molar refractivity (Wildman–Crippen MR) is 236 cm³/mol. The van der Waals surface area contributed by atoms with Gasteiger partial charge in [0.2, 0.25) is 0 Å². The minimum atomic E-state index is -2.46. The molecular weight excluding hydrogens is 973 g/mol. The van der Waals surface area contributed by atoms with Crippen molar-refractivity contribution < 1.29 is 22.7 Å². The van der Waals surface area contributed by atoms with Crippen molar-refractivity contribution in [1.29, 1.82) is 0 Å². The van der Waals surface area contributed by atoms with Crippen LogP contribution in [0.1, 0.15) is 34.7 Å². The van der Waals surface area contributed by atoms with E-state index in [1.54, 1.807) is 0 Å². The molecule has 7 aromatic rings. The number of nitrogens with zero attached hydrogens (tertiary/aromatic N) is 2. The number of thiophene rings is 2. The summed E-state index contributed by atoms with van der Waals surface area (Å²) < 4.78 is 20.2. The minimum absolute atomic E-state index is 0.179. The zero-order chi connectivity index (χ0) is 37.9. The zero-order valence-electron chi connectivity index (χ0n) is 31.0. The summed E-state index contributed by atoms with van der Waals surface area (Å²) in [6, 6.07) is 42.4. The summed E-state index contributed by atoms with van der Waals surface area (Å²) in [7, 11) is -2.46. The average Bonchev–Trinajstić information content (AvgIpc) is 4.07. The molecule has 3 aromatic heterocycles. The van der Waals surface area contributed by atoms with E-state index in [4.69, 9.17) is 12.7 Å². The Balaban J connectivity index is 1.42. The molecule has 1 aliphatic heterocycles. The topological polar surface area (TPSA) is 35.0 Å². The number of hydrogen-bond donors (Lipinski definition) is 0. The van der Waals surface area contributed by atoms with Crippen LogP contribution in [0.3, 0.4) is 0 Å². The third-order valence-electron chi connectivity index (χ3n) is 10.3. The molecule has 0 bridgehead atoms. The van der Waals surface area contributed by atoms with E-state index in [0.29, 0.717) is 13.2 Å². The molecule has 8 heteroatoms. The van der Waals surface area contributed by atoms with E-state index in [9.17, 15) is 0 Å². The fourth-order valence-corrected chi connectivity index (χ4v) is 16.9. The van der Waals surface area contributed by atoms with Gasteiger partial charge in [-0.05, 0) is 0 Å². The van der Waals surface area contributed by atoms with Gasteiger partial charge >= 0.3 is 351 Å².